The number of fused-ring (bicyclic) bond motifs is 1. The monoisotopic (exact) mass is 384 g/mol. The first-order valence-corrected chi connectivity index (χ1v) is 10.5. The number of likely N-dealkylation sites (tertiary alicyclic amines) is 1. The zero-order chi connectivity index (χ0) is 19.5. The number of nitrogens with zero attached hydrogens (tertiary/aromatic N) is 3. The Labute approximate surface area is 165 Å². The molecule has 1 aromatic carbocycles. The average molecular weight is 384 g/mol. The number of benzene rings is 1. The molecule has 2 heterocycles. The highest BCUT2D eigenvalue weighted by Crippen LogP contribution is 2.27. The molecule has 1 N–H and O–H groups in total. The Balaban J connectivity index is 1.52. The molecule has 0 radical (unpaired) electrons. The van der Waals surface area contributed by atoms with Crippen molar-refractivity contribution in [1.82, 2.24) is 20.0 Å². The minimum absolute atomic E-state index is 0.0818. The van der Waals surface area contributed by atoms with Gasteiger partial charge in [0.2, 0.25) is 0 Å². The van der Waals surface area contributed by atoms with Gasteiger partial charge in [0.15, 0.2) is 5.69 Å². The van der Waals surface area contributed by atoms with Gasteiger partial charge in [0.05, 0.1) is 0 Å². The summed E-state index contributed by atoms with van der Waals surface area (Å²) in [5, 5.41) is 8.23. The Bertz CT molecular complexity index is 841. The molecule has 1 aliphatic carbocycles. The number of halogens is 1. The smallest absolute Gasteiger partial charge is 0.274 e. The topological polar surface area (TPSA) is 50.2 Å². The Morgan fingerprint density at radius 1 is 1.29 bits per heavy atom. The molecule has 2 aliphatic rings. The molecule has 6 heteroatoms. The van der Waals surface area contributed by atoms with E-state index in [1.165, 1.54) is 11.8 Å². The third kappa shape index (κ3) is 3.83. The van der Waals surface area contributed by atoms with E-state index in [1.807, 2.05) is 21.7 Å². The molecule has 1 saturated heterocycles. The molecule has 1 atom stereocenters. The summed E-state index contributed by atoms with van der Waals surface area (Å²) in [6.07, 6.45) is 5.83. The van der Waals surface area contributed by atoms with E-state index < -0.39 is 0 Å². The molecule has 28 heavy (non-hydrogen) atoms. The summed E-state index contributed by atoms with van der Waals surface area (Å²) in [6, 6.07) is 7.12. The normalized spacial score (nSPS) is 19.1. The average Bonchev–Trinajstić information content (AvgIpc) is 3.36. The van der Waals surface area contributed by atoms with Crippen molar-refractivity contribution in [2.45, 2.75) is 64.6 Å². The van der Waals surface area contributed by atoms with E-state index in [9.17, 15) is 9.18 Å². The van der Waals surface area contributed by atoms with E-state index in [0.717, 1.165) is 63.7 Å². The lowest BCUT2D eigenvalue weighted by Gasteiger charge is -2.25. The van der Waals surface area contributed by atoms with Gasteiger partial charge in [-0.15, -0.1) is 0 Å². The first kappa shape index (κ1) is 19.1. The van der Waals surface area contributed by atoms with Crippen molar-refractivity contribution in [3.8, 4) is 0 Å². The Morgan fingerprint density at radius 3 is 2.82 bits per heavy atom. The van der Waals surface area contributed by atoms with Gasteiger partial charge in [-0.05, 0) is 44.6 Å². The van der Waals surface area contributed by atoms with Crippen LogP contribution in [0.1, 0.15) is 59.9 Å². The molecule has 1 amide bonds. The number of carbonyl (C=O) groups excluding carboxylic acids is 1. The number of amides is 1. The molecule has 2 aromatic rings. The van der Waals surface area contributed by atoms with Crippen LogP contribution in [0.25, 0.3) is 0 Å². The van der Waals surface area contributed by atoms with Gasteiger partial charge in [-0.3, -0.25) is 9.48 Å². The molecule has 0 spiro atoms. The summed E-state index contributed by atoms with van der Waals surface area (Å²) in [5.41, 5.74) is 3.64. The molecule has 5 nitrogen and oxygen atoms in total. The molecular weight excluding hydrogens is 355 g/mol. The van der Waals surface area contributed by atoms with Crippen LogP contribution in [0, 0.1) is 5.82 Å². The molecule has 150 valence electrons. The van der Waals surface area contributed by atoms with Gasteiger partial charge in [-0.2, -0.15) is 5.10 Å². The minimum Gasteiger partial charge on any atom is -0.337 e. The Hall–Kier alpha value is -2.21. The van der Waals surface area contributed by atoms with E-state index in [1.54, 1.807) is 6.07 Å². The predicted molar refractivity (Wildman–Crippen MR) is 107 cm³/mol. The highest BCUT2D eigenvalue weighted by atomic mass is 19.1. The van der Waals surface area contributed by atoms with Gasteiger partial charge >= 0.3 is 0 Å². The second-order valence-electron chi connectivity index (χ2n) is 7.91. The van der Waals surface area contributed by atoms with Gasteiger partial charge in [0.25, 0.3) is 5.91 Å². The second kappa shape index (κ2) is 8.43. The van der Waals surface area contributed by atoms with E-state index in [0.29, 0.717) is 17.8 Å². The first-order valence-electron chi connectivity index (χ1n) is 10.5. The third-order valence-corrected chi connectivity index (χ3v) is 5.92. The van der Waals surface area contributed by atoms with Crippen molar-refractivity contribution >= 4 is 5.91 Å². The number of nitrogens with one attached hydrogen (secondary N) is 1. The third-order valence-electron chi connectivity index (χ3n) is 5.92. The largest absolute Gasteiger partial charge is 0.337 e. The van der Waals surface area contributed by atoms with Crippen molar-refractivity contribution < 1.29 is 9.18 Å². The summed E-state index contributed by atoms with van der Waals surface area (Å²) >= 11 is 0. The van der Waals surface area contributed by atoms with Crippen LogP contribution in [-0.2, 0) is 25.9 Å². The van der Waals surface area contributed by atoms with Crippen molar-refractivity contribution in [3.63, 3.8) is 0 Å². The summed E-state index contributed by atoms with van der Waals surface area (Å²) in [7, 11) is 0. The fraction of sp³-hybridized carbons (Fsp3) is 0.545. The molecule has 4 rings (SSSR count). The number of aryl methyl sites for hydroxylation is 1. The van der Waals surface area contributed by atoms with Gasteiger partial charge in [0.1, 0.15) is 5.82 Å². The van der Waals surface area contributed by atoms with Gasteiger partial charge in [-0.1, -0.05) is 25.1 Å². The van der Waals surface area contributed by atoms with Crippen molar-refractivity contribution in [2.24, 2.45) is 0 Å². The predicted octanol–water partition coefficient (Wildman–Crippen LogP) is 3.32. The summed E-state index contributed by atoms with van der Waals surface area (Å²) < 4.78 is 16.0. The molecule has 1 aliphatic heterocycles. The number of aromatic nitrogens is 2. The van der Waals surface area contributed by atoms with Crippen LogP contribution < -0.4 is 5.32 Å². The van der Waals surface area contributed by atoms with Crippen LogP contribution in [0.2, 0.25) is 0 Å². The van der Waals surface area contributed by atoms with Crippen LogP contribution in [0.3, 0.4) is 0 Å². The van der Waals surface area contributed by atoms with E-state index >= 15 is 0 Å². The summed E-state index contributed by atoms with van der Waals surface area (Å²) in [4.78, 5) is 15.0. The number of hydrogen-bond donors (Lipinski definition) is 1. The summed E-state index contributed by atoms with van der Waals surface area (Å²) in [5.74, 6) is -0.0921. The number of rotatable bonds is 6. The maximum atomic E-state index is 13.9. The molecule has 1 aromatic heterocycles. The molecule has 1 unspecified atom stereocenters. The Morgan fingerprint density at radius 2 is 2.07 bits per heavy atom. The lowest BCUT2D eigenvalue weighted by Crippen LogP contribution is -2.36. The zero-order valence-corrected chi connectivity index (χ0v) is 16.6. The highest BCUT2D eigenvalue weighted by Gasteiger charge is 2.31. The van der Waals surface area contributed by atoms with Crippen molar-refractivity contribution in [1.29, 1.82) is 0 Å². The van der Waals surface area contributed by atoms with Gasteiger partial charge < -0.3 is 10.2 Å². The standard InChI is InChI=1S/C22H29FN4O/c1-2-11-27-20-10-9-17(24-15-16-7-3-4-8-19(16)23)14-18(20)21(25-27)22(28)26-12-5-6-13-26/h3-4,7-8,17,24H,2,5-6,9-15H2,1H3. The fourth-order valence-corrected chi connectivity index (χ4v) is 4.40. The van der Waals surface area contributed by atoms with Crippen LogP contribution in [0.4, 0.5) is 4.39 Å². The molecule has 0 bridgehead atoms. The molecule has 0 saturated carbocycles. The SMILES string of the molecule is CCCn1nc(C(=O)N2CCCC2)c2c1CCC(NCc1ccccc1F)C2. The lowest BCUT2D eigenvalue weighted by atomic mass is 9.91. The molecular formula is C22H29FN4O. The van der Waals surface area contributed by atoms with Crippen LogP contribution in [0.5, 0.6) is 0 Å². The fourth-order valence-electron chi connectivity index (χ4n) is 4.40. The van der Waals surface area contributed by atoms with Crippen LogP contribution in [-0.4, -0.2) is 39.7 Å². The van der Waals surface area contributed by atoms with E-state index in [2.05, 4.69) is 12.2 Å². The highest BCUT2D eigenvalue weighted by molar-refractivity contribution is 5.94. The van der Waals surface area contributed by atoms with Gasteiger partial charge in [-0.25, -0.2) is 4.39 Å². The number of carbonyl (C=O) groups is 1. The van der Waals surface area contributed by atoms with Gasteiger partial charge in [0, 0.05) is 49.0 Å². The zero-order valence-electron chi connectivity index (χ0n) is 16.6. The molecule has 1 fully saturated rings. The Kier molecular flexibility index (Phi) is 5.76. The maximum absolute atomic E-state index is 13.9. The van der Waals surface area contributed by atoms with E-state index in [4.69, 9.17) is 5.10 Å². The van der Waals surface area contributed by atoms with Crippen molar-refractivity contribution in [3.05, 3.63) is 52.6 Å². The first-order chi connectivity index (χ1) is 13.7. The lowest BCUT2D eigenvalue weighted by molar-refractivity contribution is 0.0784. The summed E-state index contributed by atoms with van der Waals surface area (Å²) in [6.45, 7) is 5.16. The van der Waals surface area contributed by atoms with Crippen LogP contribution >= 0.6 is 0 Å². The quantitative estimate of drug-likeness (QED) is 0.831. The van der Waals surface area contributed by atoms with Crippen molar-refractivity contribution in [2.75, 3.05) is 13.1 Å². The second-order valence-corrected chi connectivity index (χ2v) is 7.91. The van der Waals surface area contributed by atoms with Crippen LogP contribution in [0.15, 0.2) is 24.3 Å². The minimum atomic E-state index is -0.174. The number of hydrogen-bond acceptors (Lipinski definition) is 3. The maximum Gasteiger partial charge on any atom is 0.274 e. The van der Waals surface area contributed by atoms with E-state index in [-0.39, 0.29) is 17.8 Å².